The lowest BCUT2D eigenvalue weighted by Gasteiger charge is -2.26. The molecule has 0 saturated heterocycles. The van der Waals surface area contributed by atoms with E-state index in [4.69, 9.17) is 4.74 Å². The van der Waals surface area contributed by atoms with Crippen LogP contribution in [0.3, 0.4) is 0 Å². The Hall–Kier alpha value is -2.99. The summed E-state index contributed by atoms with van der Waals surface area (Å²) in [6, 6.07) is 20.9. The molecule has 188 valence electrons. The van der Waals surface area contributed by atoms with Crippen LogP contribution in [-0.4, -0.2) is 32.0 Å². The summed E-state index contributed by atoms with van der Waals surface area (Å²) < 4.78 is 46.3. The molecular weight excluding hydrogens is 451 g/mol. The number of rotatable bonds is 10. The molecule has 6 heteroatoms. The van der Waals surface area contributed by atoms with E-state index in [1.54, 1.807) is 19.2 Å². The Kier molecular flexibility index (Phi) is 8.84. The van der Waals surface area contributed by atoms with Gasteiger partial charge in [-0.2, -0.15) is 0 Å². The highest BCUT2D eigenvalue weighted by atomic mass is 19.4. The van der Waals surface area contributed by atoms with E-state index >= 15 is 0 Å². The molecule has 0 spiro atoms. The zero-order chi connectivity index (χ0) is 25.6. The van der Waals surface area contributed by atoms with Gasteiger partial charge in [-0.3, -0.25) is 0 Å². The first-order valence-electron chi connectivity index (χ1n) is 11.8. The fourth-order valence-corrected chi connectivity index (χ4v) is 4.45. The Bertz CT molecular complexity index is 1080. The van der Waals surface area contributed by atoms with E-state index in [0.717, 1.165) is 29.8 Å². The lowest BCUT2D eigenvalue weighted by Crippen LogP contribution is -2.22. The first-order chi connectivity index (χ1) is 16.6. The quantitative estimate of drug-likeness (QED) is 0.292. The predicted molar refractivity (Wildman–Crippen MR) is 135 cm³/mol. The normalized spacial score (nSPS) is 12.7. The van der Waals surface area contributed by atoms with Crippen molar-refractivity contribution in [3.63, 3.8) is 0 Å². The van der Waals surface area contributed by atoms with Gasteiger partial charge < -0.3 is 14.4 Å². The minimum absolute atomic E-state index is 0.197. The van der Waals surface area contributed by atoms with E-state index in [1.165, 1.54) is 28.8 Å². The minimum atomic E-state index is -4.67. The van der Waals surface area contributed by atoms with Crippen molar-refractivity contribution in [1.82, 2.24) is 4.90 Å². The van der Waals surface area contributed by atoms with Crippen LogP contribution in [0.25, 0.3) is 11.1 Å². The summed E-state index contributed by atoms with van der Waals surface area (Å²) in [5.41, 5.74) is 5.93. The van der Waals surface area contributed by atoms with Crippen LogP contribution in [0.2, 0.25) is 0 Å². The summed E-state index contributed by atoms with van der Waals surface area (Å²) in [5, 5.41) is 0. The monoisotopic (exact) mass is 485 g/mol. The molecule has 0 radical (unpaired) electrons. The smallest absolute Gasteiger partial charge is 0.497 e. The third-order valence-electron chi connectivity index (χ3n) is 6.33. The van der Waals surface area contributed by atoms with E-state index in [9.17, 15) is 13.2 Å². The molecule has 0 fully saturated rings. The van der Waals surface area contributed by atoms with E-state index in [-0.39, 0.29) is 5.75 Å². The maximum Gasteiger partial charge on any atom is 0.573 e. The molecule has 0 aliphatic rings. The van der Waals surface area contributed by atoms with Crippen molar-refractivity contribution >= 4 is 0 Å². The van der Waals surface area contributed by atoms with E-state index in [0.29, 0.717) is 18.4 Å². The number of methoxy groups -OCH3 is 1. The largest absolute Gasteiger partial charge is 0.573 e. The minimum Gasteiger partial charge on any atom is -0.497 e. The number of ether oxygens (including phenoxy) is 2. The molecule has 1 unspecified atom stereocenters. The lowest BCUT2D eigenvalue weighted by atomic mass is 9.82. The van der Waals surface area contributed by atoms with E-state index in [2.05, 4.69) is 60.7 Å². The summed E-state index contributed by atoms with van der Waals surface area (Å²) in [5.74, 6) is 1.53. The molecule has 35 heavy (non-hydrogen) atoms. The van der Waals surface area contributed by atoms with E-state index in [1.807, 2.05) is 19.2 Å². The molecule has 0 heterocycles. The fraction of sp³-hybridized carbons (Fsp3) is 0.379. The third kappa shape index (κ3) is 7.76. The van der Waals surface area contributed by atoms with Gasteiger partial charge in [0.25, 0.3) is 0 Å². The third-order valence-corrected chi connectivity index (χ3v) is 6.33. The predicted octanol–water partition coefficient (Wildman–Crippen LogP) is 7.83. The van der Waals surface area contributed by atoms with Crippen LogP contribution in [0.4, 0.5) is 13.2 Å². The highest BCUT2D eigenvalue weighted by molar-refractivity contribution is 5.65. The van der Waals surface area contributed by atoms with Crippen LogP contribution in [0.15, 0.2) is 66.7 Å². The SMILES string of the molecule is COc1ccc(-c2ccc(C(CCN(C)Cc3ccc(OC(F)(F)F)cc3)C(C)C)c(C)c2)cc1. The molecule has 0 aliphatic carbocycles. The van der Waals surface area contributed by atoms with Gasteiger partial charge in [0.2, 0.25) is 0 Å². The number of benzene rings is 3. The van der Waals surface area contributed by atoms with Crippen molar-refractivity contribution < 1.29 is 22.6 Å². The van der Waals surface area contributed by atoms with Crippen molar-refractivity contribution in [2.24, 2.45) is 5.92 Å². The Labute approximate surface area is 206 Å². The Morgan fingerprint density at radius 3 is 2.00 bits per heavy atom. The lowest BCUT2D eigenvalue weighted by molar-refractivity contribution is -0.274. The van der Waals surface area contributed by atoms with Gasteiger partial charge in [-0.1, -0.05) is 56.3 Å². The van der Waals surface area contributed by atoms with Crippen molar-refractivity contribution in [2.75, 3.05) is 20.7 Å². The Morgan fingerprint density at radius 1 is 0.857 bits per heavy atom. The van der Waals surface area contributed by atoms with E-state index < -0.39 is 6.36 Å². The number of hydrogen-bond donors (Lipinski definition) is 0. The molecule has 3 aromatic rings. The van der Waals surface area contributed by atoms with Crippen molar-refractivity contribution in [1.29, 1.82) is 0 Å². The topological polar surface area (TPSA) is 21.7 Å². The van der Waals surface area contributed by atoms with Crippen molar-refractivity contribution in [3.8, 4) is 22.6 Å². The molecule has 0 bridgehead atoms. The van der Waals surface area contributed by atoms with Gasteiger partial charge >= 0.3 is 6.36 Å². The summed E-state index contributed by atoms with van der Waals surface area (Å²) in [6.45, 7) is 8.21. The molecule has 0 aromatic heterocycles. The summed E-state index contributed by atoms with van der Waals surface area (Å²) in [7, 11) is 3.71. The highest BCUT2D eigenvalue weighted by Crippen LogP contribution is 2.33. The first kappa shape index (κ1) is 26.6. The summed E-state index contributed by atoms with van der Waals surface area (Å²) >= 11 is 0. The van der Waals surface area contributed by atoms with Gasteiger partial charge in [0.05, 0.1) is 7.11 Å². The van der Waals surface area contributed by atoms with Gasteiger partial charge in [-0.25, -0.2) is 0 Å². The second kappa shape index (κ2) is 11.6. The first-order valence-corrected chi connectivity index (χ1v) is 11.8. The number of alkyl halides is 3. The van der Waals surface area contributed by atoms with Gasteiger partial charge in [0.15, 0.2) is 0 Å². The highest BCUT2D eigenvalue weighted by Gasteiger charge is 2.31. The van der Waals surface area contributed by atoms with Gasteiger partial charge in [0, 0.05) is 6.54 Å². The van der Waals surface area contributed by atoms with Gasteiger partial charge in [-0.15, -0.1) is 13.2 Å². The molecule has 3 nitrogen and oxygen atoms in total. The number of nitrogens with zero attached hydrogens (tertiary/aromatic N) is 1. The van der Waals surface area contributed by atoms with Crippen LogP contribution in [0.5, 0.6) is 11.5 Å². The zero-order valence-electron chi connectivity index (χ0n) is 21.0. The van der Waals surface area contributed by atoms with Gasteiger partial charge in [0.1, 0.15) is 11.5 Å². The molecule has 0 saturated carbocycles. The zero-order valence-corrected chi connectivity index (χ0v) is 21.0. The number of aryl methyl sites for hydroxylation is 1. The standard InChI is InChI=1S/C29H34F3NO2/c1-20(2)27(16-17-33(4)19-22-6-11-26(12-7-22)35-29(30,31)32)28-15-10-24(18-21(28)3)23-8-13-25(34-5)14-9-23/h6-15,18,20,27H,16-17,19H2,1-5H3. The van der Waals surface area contributed by atoms with Crippen LogP contribution in [0, 0.1) is 12.8 Å². The van der Waals surface area contributed by atoms with Crippen LogP contribution in [-0.2, 0) is 6.54 Å². The molecule has 3 aromatic carbocycles. The van der Waals surface area contributed by atoms with Crippen LogP contribution in [0.1, 0.15) is 42.9 Å². The van der Waals surface area contributed by atoms with Crippen LogP contribution >= 0.6 is 0 Å². The maximum atomic E-state index is 12.4. The Morgan fingerprint density at radius 2 is 1.46 bits per heavy atom. The Balaban J connectivity index is 1.63. The molecule has 1 atom stereocenters. The molecular formula is C29H34F3NO2. The summed E-state index contributed by atoms with van der Waals surface area (Å²) in [6.07, 6.45) is -3.68. The number of halogens is 3. The molecule has 0 N–H and O–H groups in total. The molecule has 3 rings (SSSR count). The average molecular weight is 486 g/mol. The van der Waals surface area contributed by atoms with Crippen LogP contribution < -0.4 is 9.47 Å². The number of hydrogen-bond acceptors (Lipinski definition) is 3. The second-order valence-corrected chi connectivity index (χ2v) is 9.37. The van der Waals surface area contributed by atoms with Gasteiger partial charge in [-0.05, 0) is 90.9 Å². The maximum absolute atomic E-state index is 12.4. The fourth-order valence-electron chi connectivity index (χ4n) is 4.45. The average Bonchev–Trinajstić information content (AvgIpc) is 2.80. The molecule has 0 amide bonds. The summed E-state index contributed by atoms with van der Waals surface area (Å²) in [4.78, 5) is 2.20. The van der Waals surface area contributed by atoms with Crippen molar-refractivity contribution in [3.05, 3.63) is 83.4 Å². The second-order valence-electron chi connectivity index (χ2n) is 9.37. The van der Waals surface area contributed by atoms with Crippen molar-refractivity contribution in [2.45, 2.75) is 46.0 Å². The molecule has 0 aliphatic heterocycles.